The average Bonchev–Trinajstić information content (AvgIpc) is 2.48. The molecule has 108 valence electrons. The minimum atomic E-state index is -0.486. The lowest BCUT2D eigenvalue weighted by Crippen LogP contribution is -2.26. The number of nitrogens with one attached hydrogen (secondary N) is 1. The molecule has 0 fully saturated rings. The first kappa shape index (κ1) is 14.6. The minimum absolute atomic E-state index is 0.0487. The normalized spacial score (nSPS) is 10.1. The standard InChI is InChI=1S/C15H15N3O3/c1-11-5-6-12(10-14(11)18(20)21)15(19)17-9-7-13-4-2-3-8-16-13/h2-6,8,10H,7,9H2,1H3,(H,17,19). The van der Waals surface area contributed by atoms with Crippen molar-refractivity contribution in [2.75, 3.05) is 6.54 Å². The van der Waals surface area contributed by atoms with E-state index in [0.717, 1.165) is 5.69 Å². The number of nitrogens with zero attached hydrogens (tertiary/aromatic N) is 2. The van der Waals surface area contributed by atoms with Gasteiger partial charge < -0.3 is 5.32 Å². The molecular weight excluding hydrogens is 270 g/mol. The van der Waals surface area contributed by atoms with Crippen molar-refractivity contribution in [1.82, 2.24) is 10.3 Å². The van der Waals surface area contributed by atoms with E-state index in [-0.39, 0.29) is 17.2 Å². The second-order valence-corrected chi connectivity index (χ2v) is 4.59. The third-order valence-electron chi connectivity index (χ3n) is 3.06. The maximum atomic E-state index is 12.0. The summed E-state index contributed by atoms with van der Waals surface area (Å²) in [5, 5.41) is 13.6. The maximum Gasteiger partial charge on any atom is 0.273 e. The number of carbonyl (C=O) groups is 1. The van der Waals surface area contributed by atoms with E-state index in [2.05, 4.69) is 10.3 Å². The summed E-state index contributed by atoms with van der Waals surface area (Å²) >= 11 is 0. The van der Waals surface area contributed by atoms with E-state index in [1.807, 2.05) is 18.2 Å². The van der Waals surface area contributed by atoms with Crippen LogP contribution in [-0.4, -0.2) is 22.4 Å². The molecule has 0 bridgehead atoms. The second kappa shape index (κ2) is 6.60. The molecule has 6 heteroatoms. The van der Waals surface area contributed by atoms with Crippen molar-refractivity contribution in [3.05, 3.63) is 69.5 Å². The highest BCUT2D eigenvalue weighted by molar-refractivity contribution is 5.94. The molecule has 0 spiro atoms. The third-order valence-corrected chi connectivity index (χ3v) is 3.06. The quantitative estimate of drug-likeness (QED) is 0.674. The predicted molar refractivity (Wildman–Crippen MR) is 78.1 cm³/mol. The number of nitro benzene ring substituents is 1. The fourth-order valence-electron chi connectivity index (χ4n) is 1.90. The first-order chi connectivity index (χ1) is 10.1. The highest BCUT2D eigenvalue weighted by Gasteiger charge is 2.14. The van der Waals surface area contributed by atoms with Gasteiger partial charge in [0.15, 0.2) is 0 Å². The third kappa shape index (κ3) is 3.85. The van der Waals surface area contributed by atoms with Gasteiger partial charge in [0.2, 0.25) is 0 Å². The summed E-state index contributed by atoms with van der Waals surface area (Å²) in [4.78, 5) is 26.5. The second-order valence-electron chi connectivity index (χ2n) is 4.59. The molecule has 0 saturated carbocycles. The van der Waals surface area contributed by atoms with Crippen LogP contribution in [0.4, 0.5) is 5.69 Å². The number of benzene rings is 1. The summed E-state index contributed by atoms with van der Waals surface area (Å²) in [6.07, 6.45) is 2.31. The molecule has 0 aliphatic heterocycles. The number of hydrogen-bond donors (Lipinski definition) is 1. The molecule has 21 heavy (non-hydrogen) atoms. The zero-order valence-electron chi connectivity index (χ0n) is 11.6. The molecule has 0 saturated heterocycles. The molecule has 0 aliphatic carbocycles. The fourth-order valence-corrected chi connectivity index (χ4v) is 1.90. The van der Waals surface area contributed by atoms with E-state index in [0.29, 0.717) is 18.5 Å². The summed E-state index contributed by atoms with van der Waals surface area (Å²) in [7, 11) is 0. The Hall–Kier alpha value is -2.76. The smallest absolute Gasteiger partial charge is 0.273 e. The van der Waals surface area contributed by atoms with Crippen molar-refractivity contribution in [1.29, 1.82) is 0 Å². The molecule has 1 aromatic heterocycles. The van der Waals surface area contributed by atoms with Crippen molar-refractivity contribution in [3.63, 3.8) is 0 Å². The molecular formula is C15H15N3O3. The molecule has 0 radical (unpaired) electrons. The number of amides is 1. The number of pyridine rings is 1. The Labute approximate surface area is 122 Å². The van der Waals surface area contributed by atoms with Crippen LogP contribution in [-0.2, 0) is 6.42 Å². The minimum Gasteiger partial charge on any atom is -0.352 e. The van der Waals surface area contributed by atoms with Crippen LogP contribution in [0, 0.1) is 17.0 Å². The summed E-state index contributed by atoms with van der Waals surface area (Å²) in [6.45, 7) is 2.07. The van der Waals surface area contributed by atoms with E-state index in [1.165, 1.54) is 6.07 Å². The molecule has 0 unspecified atom stereocenters. The van der Waals surface area contributed by atoms with Gasteiger partial charge >= 0.3 is 0 Å². The number of nitro groups is 1. The SMILES string of the molecule is Cc1ccc(C(=O)NCCc2ccccn2)cc1[N+](=O)[O-]. The molecule has 1 heterocycles. The Morgan fingerprint density at radius 3 is 2.81 bits per heavy atom. The Kier molecular flexibility index (Phi) is 4.61. The van der Waals surface area contributed by atoms with E-state index >= 15 is 0 Å². The Bertz CT molecular complexity index is 656. The fraction of sp³-hybridized carbons (Fsp3) is 0.200. The molecule has 1 amide bonds. The average molecular weight is 285 g/mol. The van der Waals surface area contributed by atoms with Gasteiger partial charge in [-0.2, -0.15) is 0 Å². The first-order valence-electron chi connectivity index (χ1n) is 6.51. The largest absolute Gasteiger partial charge is 0.352 e. The number of aromatic nitrogens is 1. The van der Waals surface area contributed by atoms with E-state index in [1.54, 1.807) is 25.3 Å². The van der Waals surface area contributed by atoms with Crippen LogP contribution in [0.2, 0.25) is 0 Å². The van der Waals surface area contributed by atoms with Crippen LogP contribution in [0.1, 0.15) is 21.6 Å². The lowest BCUT2D eigenvalue weighted by atomic mass is 10.1. The van der Waals surface area contributed by atoms with Gasteiger partial charge in [0.25, 0.3) is 11.6 Å². The monoisotopic (exact) mass is 285 g/mol. The van der Waals surface area contributed by atoms with E-state index in [4.69, 9.17) is 0 Å². The lowest BCUT2D eigenvalue weighted by molar-refractivity contribution is -0.385. The van der Waals surface area contributed by atoms with Crippen LogP contribution in [0.25, 0.3) is 0 Å². The number of aryl methyl sites for hydroxylation is 1. The van der Waals surface area contributed by atoms with Crippen LogP contribution < -0.4 is 5.32 Å². The molecule has 0 aliphatic rings. The Morgan fingerprint density at radius 2 is 2.14 bits per heavy atom. The zero-order valence-corrected chi connectivity index (χ0v) is 11.6. The maximum absolute atomic E-state index is 12.0. The van der Waals surface area contributed by atoms with Gasteiger partial charge in [-0.1, -0.05) is 12.1 Å². The molecule has 0 atom stereocenters. The van der Waals surface area contributed by atoms with Crippen LogP contribution >= 0.6 is 0 Å². The summed E-state index contributed by atoms with van der Waals surface area (Å²) in [6, 6.07) is 10.0. The number of hydrogen-bond acceptors (Lipinski definition) is 4. The van der Waals surface area contributed by atoms with Gasteiger partial charge in [-0.15, -0.1) is 0 Å². The van der Waals surface area contributed by atoms with Crippen molar-refractivity contribution < 1.29 is 9.72 Å². The van der Waals surface area contributed by atoms with Crippen molar-refractivity contribution in [2.24, 2.45) is 0 Å². The van der Waals surface area contributed by atoms with Crippen molar-refractivity contribution in [3.8, 4) is 0 Å². The van der Waals surface area contributed by atoms with Crippen molar-refractivity contribution in [2.45, 2.75) is 13.3 Å². The summed E-state index contributed by atoms with van der Waals surface area (Å²) in [5.41, 5.74) is 1.65. The summed E-state index contributed by atoms with van der Waals surface area (Å²) < 4.78 is 0. The molecule has 2 aromatic rings. The van der Waals surface area contributed by atoms with Crippen LogP contribution in [0.5, 0.6) is 0 Å². The van der Waals surface area contributed by atoms with Gasteiger partial charge in [-0.05, 0) is 25.1 Å². The Balaban J connectivity index is 1.97. The molecule has 2 rings (SSSR count). The van der Waals surface area contributed by atoms with Gasteiger partial charge in [0, 0.05) is 42.0 Å². The van der Waals surface area contributed by atoms with E-state index in [9.17, 15) is 14.9 Å². The molecule has 1 aromatic carbocycles. The number of rotatable bonds is 5. The lowest BCUT2D eigenvalue weighted by Gasteiger charge is -2.06. The van der Waals surface area contributed by atoms with Crippen LogP contribution in [0.15, 0.2) is 42.6 Å². The Morgan fingerprint density at radius 1 is 1.33 bits per heavy atom. The topological polar surface area (TPSA) is 85.1 Å². The van der Waals surface area contributed by atoms with E-state index < -0.39 is 4.92 Å². The molecule has 1 N–H and O–H groups in total. The van der Waals surface area contributed by atoms with Gasteiger partial charge in [0.05, 0.1) is 4.92 Å². The van der Waals surface area contributed by atoms with Crippen molar-refractivity contribution >= 4 is 11.6 Å². The predicted octanol–water partition coefficient (Wildman–Crippen LogP) is 2.27. The van der Waals surface area contributed by atoms with Gasteiger partial charge in [-0.25, -0.2) is 0 Å². The highest BCUT2D eigenvalue weighted by atomic mass is 16.6. The van der Waals surface area contributed by atoms with Gasteiger partial charge in [0.1, 0.15) is 0 Å². The first-order valence-corrected chi connectivity index (χ1v) is 6.51. The van der Waals surface area contributed by atoms with Gasteiger partial charge in [-0.3, -0.25) is 19.9 Å². The number of carbonyl (C=O) groups excluding carboxylic acids is 1. The highest BCUT2D eigenvalue weighted by Crippen LogP contribution is 2.19. The zero-order chi connectivity index (χ0) is 15.2. The molecule has 6 nitrogen and oxygen atoms in total. The summed E-state index contributed by atoms with van der Waals surface area (Å²) in [5.74, 6) is -0.325. The van der Waals surface area contributed by atoms with Crippen LogP contribution in [0.3, 0.4) is 0 Å².